The minimum absolute atomic E-state index is 1.28. The van der Waals surface area contributed by atoms with Gasteiger partial charge in [-0.2, -0.15) is 0 Å². The Labute approximate surface area is 88.0 Å². The van der Waals surface area contributed by atoms with Crippen molar-refractivity contribution in [3.8, 4) is 0 Å². The van der Waals surface area contributed by atoms with E-state index in [4.69, 9.17) is 0 Å². The molecule has 0 aromatic heterocycles. The highest BCUT2D eigenvalue weighted by molar-refractivity contribution is 14.1. The lowest BCUT2D eigenvalue weighted by Gasteiger charge is -2.08. The van der Waals surface area contributed by atoms with E-state index in [9.17, 15) is 0 Å². The Bertz CT molecular complexity index is 270. The van der Waals surface area contributed by atoms with Crippen LogP contribution in [0.3, 0.4) is 0 Å². The normalized spacial score (nSPS) is 10.3. The summed E-state index contributed by atoms with van der Waals surface area (Å²) >= 11 is 2.34. The molecule has 60 valence electrons. The van der Waals surface area contributed by atoms with E-state index in [-0.39, 0.29) is 0 Å². The second kappa shape index (κ2) is 3.97. The lowest BCUT2D eigenvalue weighted by Crippen LogP contribution is -2.23. The summed E-state index contributed by atoms with van der Waals surface area (Å²) < 4.78 is 1.30. The van der Waals surface area contributed by atoms with Gasteiger partial charge < -0.3 is 0 Å². The maximum absolute atomic E-state index is 2.77. The summed E-state index contributed by atoms with van der Waals surface area (Å²) in [5.41, 5.74) is 1.34. The van der Waals surface area contributed by atoms with Gasteiger partial charge in [0.15, 0.2) is 0 Å². The molecule has 0 spiro atoms. The van der Waals surface area contributed by atoms with Crippen LogP contribution >= 0.6 is 50.3 Å². The Morgan fingerprint density at radius 1 is 1.18 bits per heavy atom. The van der Waals surface area contributed by atoms with Gasteiger partial charge in [-0.25, -0.2) is 0 Å². The molecule has 0 aliphatic carbocycles. The fourth-order valence-corrected chi connectivity index (χ4v) is 3.18. The van der Waals surface area contributed by atoms with Gasteiger partial charge in [-0.15, -0.1) is 27.7 Å². The Balaban J connectivity index is 3.46. The molecule has 0 heterocycles. The van der Waals surface area contributed by atoms with Gasteiger partial charge in [-0.3, -0.25) is 0 Å². The molecule has 0 amide bonds. The van der Waals surface area contributed by atoms with Gasteiger partial charge in [-0.1, -0.05) is 0 Å². The van der Waals surface area contributed by atoms with Crippen LogP contribution in [0.4, 0.5) is 0 Å². The third-order valence-electron chi connectivity index (χ3n) is 1.67. The zero-order valence-corrected chi connectivity index (χ0v) is 11.8. The van der Waals surface area contributed by atoms with Gasteiger partial charge in [0.05, 0.1) is 0 Å². The first-order chi connectivity index (χ1) is 5.04. The molecular formula is C7H10IP3. The van der Waals surface area contributed by atoms with Gasteiger partial charge in [-0.05, 0) is 57.1 Å². The summed E-state index contributed by atoms with van der Waals surface area (Å²) in [4.78, 5) is 0. The first-order valence-corrected chi connectivity index (χ1v) is 5.94. The van der Waals surface area contributed by atoms with Crippen LogP contribution in [0.25, 0.3) is 0 Å². The van der Waals surface area contributed by atoms with Crippen molar-refractivity contribution in [3.63, 3.8) is 0 Å². The van der Waals surface area contributed by atoms with Crippen molar-refractivity contribution in [2.45, 2.75) is 6.92 Å². The molecule has 11 heavy (non-hydrogen) atoms. The van der Waals surface area contributed by atoms with Gasteiger partial charge in [0.2, 0.25) is 0 Å². The van der Waals surface area contributed by atoms with Crippen molar-refractivity contribution < 1.29 is 0 Å². The maximum Gasteiger partial charge on any atom is 0.0214 e. The van der Waals surface area contributed by atoms with E-state index in [0.29, 0.717) is 0 Å². The quantitative estimate of drug-likeness (QED) is 0.497. The molecule has 3 unspecified atom stereocenters. The van der Waals surface area contributed by atoms with Crippen molar-refractivity contribution in [3.05, 3.63) is 15.2 Å². The molecule has 1 aromatic rings. The van der Waals surface area contributed by atoms with Crippen LogP contribution in [0.1, 0.15) is 5.56 Å². The van der Waals surface area contributed by atoms with Crippen molar-refractivity contribution >= 4 is 66.2 Å². The van der Waals surface area contributed by atoms with Gasteiger partial charge in [0.1, 0.15) is 0 Å². The highest BCUT2D eigenvalue weighted by atomic mass is 127. The van der Waals surface area contributed by atoms with Crippen LogP contribution in [-0.4, -0.2) is 0 Å². The summed E-state index contributed by atoms with van der Waals surface area (Å²) in [5, 5.41) is 3.87. The maximum atomic E-state index is 2.77. The van der Waals surface area contributed by atoms with E-state index in [1.165, 1.54) is 25.0 Å². The fraction of sp³-hybridized carbons (Fsp3) is 0.143. The lowest BCUT2D eigenvalue weighted by molar-refractivity contribution is 1.58. The van der Waals surface area contributed by atoms with E-state index >= 15 is 0 Å². The zero-order valence-electron chi connectivity index (χ0n) is 6.19. The number of halogens is 1. The molecule has 1 aromatic carbocycles. The summed E-state index contributed by atoms with van der Waals surface area (Å²) in [5.74, 6) is 0. The topological polar surface area (TPSA) is 0 Å². The van der Waals surface area contributed by atoms with Crippen molar-refractivity contribution in [2.75, 3.05) is 0 Å². The lowest BCUT2D eigenvalue weighted by atomic mass is 10.2. The predicted octanol–water partition coefficient (Wildman–Crippen LogP) is 1.10. The largest absolute Gasteiger partial charge is 0.105 e. The second-order valence-corrected chi connectivity index (χ2v) is 5.34. The average Bonchev–Trinajstić information content (AvgIpc) is 1.97. The van der Waals surface area contributed by atoms with Crippen LogP contribution in [-0.2, 0) is 0 Å². The molecule has 0 radical (unpaired) electrons. The van der Waals surface area contributed by atoms with E-state index < -0.39 is 0 Å². The zero-order chi connectivity index (χ0) is 8.59. The summed E-state index contributed by atoms with van der Waals surface area (Å²) in [6.45, 7) is 2.13. The molecule has 3 atom stereocenters. The molecule has 0 saturated heterocycles. The Hall–Kier alpha value is 1.24. The van der Waals surface area contributed by atoms with Gasteiger partial charge in [0.25, 0.3) is 0 Å². The van der Waals surface area contributed by atoms with Crippen LogP contribution in [0.5, 0.6) is 0 Å². The first kappa shape index (κ1) is 10.3. The van der Waals surface area contributed by atoms with Crippen molar-refractivity contribution in [2.24, 2.45) is 0 Å². The number of rotatable bonds is 0. The third kappa shape index (κ3) is 2.13. The highest BCUT2D eigenvalue weighted by Gasteiger charge is 2.04. The first-order valence-electron chi connectivity index (χ1n) is 3.13. The SMILES string of the molecule is Cc1c(P)cc(I)c(P)c1P. The molecule has 0 N–H and O–H groups in total. The number of benzene rings is 1. The average molecular weight is 314 g/mol. The Morgan fingerprint density at radius 3 is 2.27 bits per heavy atom. The van der Waals surface area contributed by atoms with E-state index in [1.54, 1.807) is 0 Å². The van der Waals surface area contributed by atoms with Crippen molar-refractivity contribution in [1.29, 1.82) is 0 Å². The van der Waals surface area contributed by atoms with Crippen LogP contribution in [0, 0.1) is 10.5 Å². The number of hydrogen-bond donors (Lipinski definition) is 0. The fourth-order valence-electron chi connectivity index (χ4n) is 0.809. The van der Waals surface area contributed by atoms with Crippen LogP contribution in [0.15, 0.2) is 6.07 Å². The molecule has 0 aliphatic rings. The summed E-state index contributed by atoms with van der Waals surface area (Å²) in [6.07, 6.45) is 0. The minimum Gasteiger partial charge on any atom is -0.105 e. The summed E-state index contributed by atoms with van der Waals surface area (Å²) in [7, 11) is 8.29. The molecule has 4 heteroatoms. The third-order valence-corrected chi connectivity index (χ3v) is 5.45. The smallest absolute Gasteiger partial charge is 0.0214 e. The van der Waals surface area contributed by atoms with Crippen LogP contribution in [0.2, 0.25) is 0 Å². The van der Waals surface area contributed by atoms with Gasteiger partial charge in [0, 0.05) is 3.57 Å². The number of hydrogen-bond acceptors (Lipinski definition) is 0. The molecule has 0 fully saturated rings. The molecule has 0 bridgehead atoms. The van der Waals surface area contributed by atoms with E-state index in [1.807, 2.05) is 0 Å². The molecule has 1 rings (SSSR count). The summed E-state index contributed by atoms with van der Waals surface area (Å²) in [6, 6.07) is 2.18. The Morgan fingerprint density at radius 2 is 1.73 bits per heavy atom. The van der Waals surface area contributed by atoms with Crippen LogP contribution < -0.4 is 15.9 Å². The minimum atomic E-state index is 1.28. The van der Waals surface area contributed by atoms with Gasteiger partial charge >= 0.3 is 0 Å². The second-order valence-electron chi connectivity index (χ2n) is 2.40. The molecule has 0 saturated carbocycles. The Kier molecular flexibility index (Phi) is 3.72. The van der Waals surface area contributed by atoms with E-state index in [2.05, 4.69) is 63.3 Å². The standard InChI is InChI=1S/C7H10IP3/c1-3-5(9)2-4(8)7(11)6(3)10/h2H,9-11H2,1H3. The van der Waals surface area contributed by atoms with E-state index in [0.717, 1.165) is 0 Å². The molecule has 0 aliphatic heterocycles. The molecular weight excluding hydrogens is 304 g/mol. The predicted molar refractivity (Wildman–Crippen MR) is 71.9 cm³/mol. The monoisotopic (exact) mass is 314 g/mol. The molecule has 0 nitrogen and oxygen atoms in total. The highest BCUT2D eigenvalue weighted by Crippen LogP contribution is 2.08. The van der Waals surface area contributed by atoms with Crippen molar-refractivity contribution in [1.82, 2.24) is 0 Å².